The number of allylic oxidation sites excluding steroid dienone is 1. The first-order valence-electron chi connectivity index (χ1n) is 5.31. The van der Waals surface area contributed by atoms with Gasteiger partial charge in [-0.2, -0.15) is 5.26 Å². The van der Waals surface area contributed by atoms with E-state index in [-0.39, 0.29) is 0 Å². The van der Waals surface area contributed by atoms with Gasteiger partial charge in [0.15, 0.2) is 0 Å². The lowest BCUT2D eigenvalue weighted by Crippen LogP contribution is -1.86. The Morgan fingerprint density at radius 2 is 1.94 bits per heavy atom. The largest absolute Gasteiger partial charge is 0.258 e. The summed E-state index contributed by atoms with van der Waals surface area (Å²) in [5.74, 6) is 0. The van der Waals surface area contributed by atoms with Gasteiger partial charge in [0.1, 0.15) is 0 Å². The summed E-state index contributed by atoms with van der Waals surface area (Å²) < 4.78 is 0. The third-order valence-corrected chi connectivity index (χ3v) is 3.41. The predicted molar refractivity (Wildman–Crippen MR) is 71.7 cm³/mol. The molecule has 0 spiro atoms. The van der Waals surface area contributed by atoms with E-state index in [1.165, 1.54) is 16.5 Å². The molecule has 0 aliphatic rings. The third-order valence-electron chi connectivity index (χ3n) is 2.31. The van der Waals surface area contributed by atoms with Crippen LogP contribution in [0.15, 0.2) is 30.3 Å². The van der Waals surface area contributed by atoms with Gasteiger partial charge in [-0.1, -0.05) is 0 Å². The van der Waals surface area contributed by atoms with Crippen molar-refractivity contribution in [3.8, 4) is 16.5 Å². The Morgan fingerprint density at radius 1 is 1.24 bits per heavy atom. The molecule has 0 amide bonds. The molecule has 0 aliphatic heterocycles. The standard InChI is InChI=1S/C14H12N2S/c1-10-8-12(9-11(2)16-10)14-6-5-13(17-14)4-3-7-15/h3-6,8-9H,1-2H3/b4-3-. The van der Waals surface area contributed by atoms with E-state index >= 15 is 0 Å². The third kappa shape index (κ3) is 2.80. The van der Waals surface area contributed by atoms with Crippen LogP contribution in [0.2, 0.25) is 0 Å². The van der Waals surface area contributed by atoms with Crippen LogP contribution in [-0.2, 0) is 0 Å². The second-order valence-corrected chi connectivity index (χ2v) is 4.92. The molecular formula is C14H12N2S. The molecule has 2 aromatic rings. The number of pyridine rings is 1. The van der Waals surface area contributed by atoms with Gasteiger partial charge in [-0.15, -0.1) is 11.3 Å². The number of rotatable bonds is 2. The van der Waals surface area contributed by atoms with Crippen LogP contribution in [-0.4, -0.2) is 4.98 Å². The second kappa shape index (κ2) is 4.94. The molecule has 0 saturated heterocycles. The van der Waals surface area contributed by atoms with E-state index in [2.05, 4.69) is 23.2 Å². The van der Waals surface area contributed by atoms with E-state index < -0.39 is 0 Å². The molecule has 2 nitrogen and oxygen atoms in total. The first kappa shape index (κ1) is 11.6. The highest BCUT2D eigenvalue weighted by Crippen LogP contribution is 2.29. The monoisotopic (exact) mass is 240 g/mol. The summed E-state index contributed by atoms with van der Waals surface area (Å²) in [5, 5.41) is 8.48. The first-order chi connectivity index (χ1) is 8.19. The summed E-state index contributed by atoms with van der Waals surface area (Å²) in [6.07, 6.45) is 3.33. The van der Waals surface area contributed by atoms with Crippen LogP contribution in [0.3, 0.4) is 0 Å². The van der Waals surface area contributed by atoms with Crippen LogP contribution in [0.25, 0.3) is 16.5 Å². The number of nitriles is 1. The van der Waals surface area contributed by atoms with E-state index in [4.69, 9.17) is 5.26 Å². The fourth-order valence-electron chi connectivity index (χ4n) is 1.69. The molecule has 0 aromatic carbocycles. The van der Waals surface area contributed by atoms with Gasteiger partial charge in [-0.05, 0) is 49.8 Å². The minimum absolute atomic E-state index is 1.03. The van der Waals surface area contributed by atoms with Gasteiger partial charge < -0.3 is 0 Å². The van der Waals surface area contributed by atoms with Crippen molar-refractivity contribution in [3.05, 3.63) is 46.6 Å². The van der Waals surface area contributed by atoms with E-state index in [9.17, 15) is 0 Å². The van der Waals surface area contributed by atoms with Crippen LogP contribution >= 0.6 is 11.3 Å². The quantitative estimate of drug-likeness (QED) is 0.745. The van der Waals surface area contributed by atoms with Crippen molar-refractivity contribution in [2.75, 3.05) is 0 Å². The van der Waals surface area contributed by atoms with Crippen LogP contribution in [0.1, 0.15) is 16.3 Å². The summed E-state index contributed by atoms with van der Waals surface area (Å²) in [6.45, 7) is 4.00. The number of aryl methyl sites for hydroxylation is 2. The van der Waals surface area contributed by atoms with E-state index in [1.54, 1.807) is 11.3 Å². The second-order valence-electron chi connectivity index (χ2n) is 3.80. The average molecular weight is 240 g/mol. The lowest BCUT2D eigenvalue weighted by Gasteiger charge is -2.01. The van der Waals surface area contributed by atoms with Crippen LogP contribution in [0.4, 0.5) is 0 Å². The summed E-state index contributed by atoms with van der Waals surface area (Å²) in [4.78, 5) is 6.66. The number of nitrogens with zero attached hydrogens (tertiary/aromatic N) is 2. The van der Waals surface area contributed by atoms with Crippen LogP contribution in [0, 0.1) is 25.2 Å². The molecule has 3 heteroatoms. The van der Waals surface area contributed by atoms with Gasteiger partial charge in [0.25, 0.3) is 0 Å². The Bertz CT molecular complexity index is 583. The first-order valence-corrected chi connectivity index (χ1v) is 6.12. The number of hydrogen-bond donors (Lipinski definition) is 0. The minimum Gasteiger partial charge on any atom is -0.258 e. The molecule has 84 valence electrons. The molecule has 0 saturated carbocycles. The van der Waals surface area contributed by atoms with E-state index in [1.807, 2.05) is 32.1 Å². The molecule has 2 aromatic heterocycles. The maximum Gasteiger partial charge on any atom is 0.0912 e. The summed E-state index contributed by atoms with van der Waals surface area (Å²) >= 11 is 1.68. The Labute approximate surface area is 105 Å². The van der Waals surface area contributed by atoms with Crippen molar-refractivity contribution < 1.29 is 0 Å². The van der Waals surface area contributed by atoms with Crippen LogP contribution in [0.5, 0.6) is 0 Å². The zero-order chi connectivity index (χ0) is 12.3. The Hall–Kier alpha value is -1.92. The summed E-state index contributed by atoms with van der Waals surface area (Å²) in [6, 6.07) is 10.3. The van der Waals surface area contributed by atoms with Gasteiger partial charge in [-0.3, -0.25) is 4.98 Å². The average Bonchev–Trinajstić information content (AvgIpc) is 2.73. The highest BCUT2D eigenvalue weighted by Gasteiger charge is 2.03. The zero-order valence-corrected chi connectivity index (χ0v) is 10.6. The number of hydrogen-bond acceptors (Lipinski definition) is 3. The maximum atomic E-state index is 8.48. The normalized spacial score (nSPS) is 10.6. The summed E-state index contributed by atoms with van der Waals surface area (Å²) in [7, 11) is 0. The number of thiophene rings is 1. The zero-order valence-electron chi connectivity index (χ0n) is 9.77. The van der Waals surface area contributed by atoms with Crippen molar-refractivity contribution in [1.29, 1.82) is 5.26 Å². The summed E-state index contributed by atoms with van der Waals surface area (Å²) in [5.41, 5.74) is 3.25. The Morgan fingerprint density at radius 3 is 2.59 bits per heavy atom. The van der Waals surface area contributed by atoms with Crippen molar-refractivity contribution in [3.63, 3.8) is 0 Å². The van der Waals surface area contributed by atoms with Gasteiger partial charge in [0, 0.05) is 27.2 Å². The highest BCUT2D eigenvalue weighted by atomic mass is 32.1. The van der Waals surface area contributed by atoms with Gasteiger partial charge in [-0.25, -0.2) is 0 Å². The van der Waals surface area contributed by atoms with Gasteiger partial charge >= 0.3 is 0 Å². The SMILES string of the molecule is Cc1cc(-c2ccc(/C=C\C#N)s2)cc(C)n1. The van der Waals surface area contributed by atoms with Crippen molar-refractivity contribution in [2.45, 2.75) is 13.8 Å². The van der Waals surface area contributed by atoms with Crippen molar-refractivity contribution >= 4 is 17.4 Å². The van der Waals surface area contributed by atoms with Gasteiger partial charge in [0.2, 0.25) is 0 Å². The minimum atomic E-state index is 1.03. The molecule has 0 N–H and O–H groups in total. The fraction of sp³-hybridized carbons (Fsp3) is 0.143. The molecule has 0 unspecified atom stereocenters. The fourth-order valence-corrected chi connectivity index (χ4v) is 2.59. The lowest BCUT2D eigenvalue weighted by atomic mass is 10.1. The molecular weight excluding hydrogens is 228 g/mol. The number of aromatic nitrogens is 1. The predicted octanol–water partition coefficient (Wildman–Crippen LogP) is 3.96. The van der Waals surface area contributed by atoms with E-state index in [0.717, 1.165) is 16.3 Å². The van der Waals surface area contributed by atoms with Crippen LogP contribution < -0.4 is 0 Å². The van der Waals surface area contributed by atoms with Gasteiger partial charge in [0.05, 0.1) is 6.07 Å². The van der Waals surface area contributed by atoms with E-state index in [0.29, 0.717) is 0 Å². The van der Waals surface area contributed by atoms with Crippen molar-refractivity contribution in [2.24, 2.45) is 0 Å². The molecule has 0 radical (unpaired) electrons. The molecule has 0 aliphatic carbocycles. The molecule has 0 bridgehead atoms. The van der Waals surface area contributed by atoms with Crippen molar-refractivity contribution in [1.82, 2.24) is 4.98 Å². The Kier molecular flexibility index (Phi) is 3.36. The molecule has 0 fully saturated rings. The maximum absolute atomic E-state index is 8.48. The lowest BCUT2D eigenvalue weighted by molar-refractivity contribution is 1.13. The smallest absolute Gasteiger partial charge is 0.0912 e. The molecule has 17 heavy (non-hydrogen) atoms. The molecule has 2 rings (SSSR count). The highest BCUT2D eigenvalue weighted by molar-refractivity contribution is 7.16. The molecule has 2 heterocycles. The Balaban J connectivity index is 2.37. The molecule has 0 atom stereocenters. The topological polar surface area (TPSA) is 36.7 Å².